The molecule has 2 aromatic rings. The lowest BCUT2D eigenvalue weighted by Gasteiger charge is -2.33. The largest absolute Gasteiger partial charge is 0.465 e. The zero-order valence-corrected chi connectivity index (χ0v) is 18.0. The number of hydrogen-bond acceptors (Lipinski definition) is 4. The van der Waals surface area contributed by atoms with Crippen LogP contribution < -0.4 is 0 Å². The third kappa shape index (κ3) is 4.66. The van der Waals surface area contributed by atoms with Crippen LogP contribution in [0.2, 0.25) is 5.02 Å². The van der Waals surface area contributed by atoms with Crippen molar-refractivity contribution in [3.8, 4) is 0 Å². The summed E-state index contributed by atoms with van der Waals surface area (Å²) in [4.78, 5) is 11.6. The standard InChI is InChI=1S/C21H22ClF2NO4S/c1-29-21(26)18-12-7-14(19(23)20(18)24)13-25(16-5-3-2-4-6-16)30(27,28)17-10-8-15(22)9-11-17/h7-12,16H,2-6,13H2,1H3. The van der Waals surface area contributed by atoms with Crippen LogP contribution in [-0.4, -0.2) is 31.8 Å². The molecule has 1 saturated carbocycles. The monoisotopic (exact) mass is 457 g/mol. The smallest absolute Gasteiger partial charge is 0.340 e. The topological polar surface area (TPSA) is 63.7 Å². The van der Waals surface area contributed by atoms with Crippen molar-refractivity contribution in [1.29, 1.82) is 0 Å². The van der Waals surface area contributed by atoms with Crippen molar-refractivity contribution in [2.45, 2.75) is 49.6 Å². The van der Waals surface area contributed by atoms with Gasteiger partial charge in [-0.1, -0.05) is 36.9 Å². The fourth-order valence-electron chi connectivity index (χ4n) is 3.67. The van der Waals surface area contributed by atoms with Gasteiger partial charge in [0.05, 0.1) is 17.6 Å². The molecule has 0 unspecified atom stereocenters. The summed E-state index contributed by atoms with van der Waals surface area (Å²) in [5.74, 6) is -3.62. The maximum Gasteiger partial charge on any atom is 0.340 e. The van der Waals surface area contributed by atoms with Gasteiger partial charge in [0.1, 0.15) is 0 Å². The van der Waals surface area contributed by atoms with Crippen LogP contribution in [0.25, 0.3) is 0 Å². The minimum atomic E-state index is -3.98. The first-order chi connectivity index (χ1) is 14.3. The molecular weight excluding hydrogens is 436 g/mol. The second kappa shape index (κ2) is 9.41. The summed E-state index contributed by atoms with van der Waals surface area (Å²) in [6, 6.07) is 7.72. The second-order valence-corrected chi connectivity index (χ2v) is 9.51. The molecule has 1 aliphatic carbocycles. The molecule has 0 atom stereocenters. The van der Waals surface area contributed by atoms with Crippen LogP contribution in [0.4, 0.5) is 8.78 Å². The van der Waals surface area contributed by atoms with E-state index in [0.717, 1.165) is 32.4 Å². The van der Waals surface area contributed by atoms with Crippen LogP contribution in [0.5, 0.6) is 0 Å². The summed E-state index contributed by atoms with van der Waals surface area (Å²) >= 11 is 5.87. The predicted molar refractivity (Wildman–Crippen MR) is 109 cm³/mol. The molecule has 0 radical (unpaired) electrons. The Morgan fingerprint density at radius 2 is 1.70 bits per heavy atom. The van der Waals surface area contributed by atoms with Gasteiger partial charge in [0, 0.05) is 23.2 Å². The lowest BCUT2D eigenvalue weighted by atomic mass is 9.95. The molecule has 1 fully saturated rings. The van der Waals surface area contributed by atoms with Crippen molar-refractivity contribution in [2.75, 3.05) is 7.11 Å². The molecule has 0 heterocycles. The molecule has 0 aromatic heterocycles. The molecule has 30 heavy (non-hydrogen) atoms. The van der Waals surface area contributed by atoms with Gasteiger partial charge in [0.15, 0.2) is 11.6 Å². The third-order valence-corrected chi connectivity index (χ3v) is 7.46. The zero-order valence-electron chi connectivity index (χ0n) is 16.4. The Hall–Kier alpha value is -2.03. The Morgan fingerprint density at radius 3 is 2.30 bits per heavy atom. The van der Waals surface area contributed by atoms with Gasteiger partial charge in [0.2, 0.25) is 10.0 Å². The van der Waals surface area contributed by atoms with E-state index in [9.17, 15) is 22.0 Å². The number of carbonyl (C=O) groups is 1. The van der Waals surface area contributed by atoms with E-state index in [0.29, 0.717) is 17.9 Å². The number of hydrogen-bond donors (Lipinski definition) is 0. The van der Waals surface area contributed by atoms with Crippen LogP contribution in [-0.2, 0) is 21.3 Å². The van der Waals surface area contributed by atoms with Gasteiger partial charge in [-0.05, 0) is 43.2 Å². The van der Waals surface area contributed by atoms with E-state index in [-0.39, 0.29) is 23.0 Å². The minimum Gasteiger partial charge on any atom is -0.465 e. The number of nitrogens with zero attached hydrogens (tertiary/aromatic N) is 1. The summed E-state index contributed by atoms with van der Waals surface area (Å²) in [6.07, 6.45) is 3.99. The highest BCUT2D eigenvalue weighted by atomic mass is 35.5. The van der Waals surface area contributed by atoms with Gasteiger partial charge in [-0.2, -0.15) is 4.31 Å². The Balaban J connectivity index is 2.01. The Labute approximate surface area is 179 Å². The van der Waals surface area contributed by atoms with E-state index in [1.165, 1.54) is 34.6 Å². The SMILES string of the molecule is COC(=O)c1ccc(CN(C2CCCCC2)S(=O)(=O)c2ccc(Cl)cc2)c(F)c1F. The van der Waals surface area contributed by atoms with Crippen LogP contribution >= 0.6 is 11.6 Å². The summed E-state index contributed by atoms with van der Waals surface area (Å²) in [7, 11) is -2.92. The number of sulfonamides is 1. The first kappa shape index (κ1) is 22.7. The first-order valence-electron chi connectivity index (χ1n) is 9.58. The molecule has 0 N–H and O–H groups in total. The van der Waals surface area contributed by atoms with Crippen LogP contribution in [0.1, 0.15) is 48.0 Å². The molecule has 0 spiro atoms. The minimum absolute atomic E-state index is 0.0320. The molecule has 9 heteroatoms. The lowest BCUT2D eigenvalue weighted by Crippen LogP contribution is -2.41. The van der Waals surface area contributed by atoms with Crippen molar-refractivity contribution in [3.63, 3.8) is 0 Å². The van der Waals surface area contributed by atoms with Crippen molar-refractivity contribution in [2.24, 2.45) is 0 Å². The molecule has 162 valence electrons. The van der Waals surface area contributed by atoms with Gasteiger partial charge in [-0.15, -0.1) is 0 Å². The number of benzene rings is 2. The second-order valence-electron chi connectivity index (χ2n) is 7.19. The average molecular weight is 458 g/mol. The van der Waals surface area contributed by atoms with Crippen LogP contribution in [0, 0.1) is 11.6 Å². The van der Waals surface area contributed by atoms with Crippen LogP contribution in [0.15, 0.2) is 41.3 Å². The van der Waals surface area contributed by atoms with Gasteiger partial charge >= 0.3 is 5.97 Å². The number of esters is 1. The van der Waals surface area contributed by atoms with Crippen molar-refractivity contribution < 1.29 is 26.7 Å². The molecule has 2 aromatic carbocycles. The highest BCUT2D eigenvalue weighted by Gasteiger charge is 2.33. The van der Waals surface area contributed by atoms with Gasteiger partial charge < -0.3 is 4.74 Å². The van der Waals surface area contributed by atoms with Gasteiger partial charge in [-0.3, -0.25) is 0 Å². The van der Waals surface area contributed by atoms with E-state index >= 15 is 0 Å². The molecular formula is C21H22ClF2NO4S. The molecule has 0 amide bonds. The fraction of sp³-hybridized carbons (Fsp3) is 0.381. The van der Waals surface area contributed by atoms with E-state index in [1.54, 1.807) is 0 Å². The Kier molecular flexibility index (Phi) is 7.10. The molecule has 0 bridgehead atoms. The lowest BCUT2D eigenvalue weighted by molar-refractivity contribution is 0.0594. The summed E-state index contributed by atoms with van der Waals surface area (Å²) in [5, 5.41) is 0.393. The summed E-state index contributed by atoms with van der Waals surface area (Å²) < 4.78 is 61.5. The summed E-state index contributed by atoms with van der Waals surface area (Å²) in [6.45, 7) is -0.347. The Morgan fingerprint density at radius 1 is 1.07 bits per heavy atom. The molecule has 0 aliphatic heterocycles. The first-order valence-corrected chi connectivity index (χ1v) is 11.4. The maximum absolute atomic E-state index is 14.7. The van der Waals surface area contributed by atoms with E-state index in [2.05, 4.69) is 4.74 Å². The molecule has 1 aliphatic rings. The number of ether oxygens (including phenoxy) is 1. The fourth-order valence-corrected chi connectivity index (χ4v) is 5.46. The van der Waals surface area contributed by atoms with Crippen molar-refractivity contribution in [3.05, 3.63) is 64.2 Å². The van der Waals surface area contributed by atoms with Crippen LogP contribution in [0.3, 0.4) is 0 Å². The van der Waals surface area contributed by atoms with E-state index < -0.39 is 33.2 Å². The number of halogens is 3. The molecule has 3 rings (SSSR count). The maximum atomic E-state index is 14.7. The Bertz CT molecular complexity index is 1020. The highest BCUT2D eigenvalue weighted by molar-refractivity contribution is 7.89. The third-order valence-electron chi connectivity index (χ3n) is 5.30. The number of carbonyl (C=O) groups excluding carboxylic acids is 1. The van der Waals surface area contributed by atoms with Gasteiger partial charge in [0.25, 0.3) is 0 Å². The van der Waals surface area contributed by atoms with Crippen molar-refractivity contribution in [1.82, 2.24) is 4.31 Å². The normalized spacial score (nSPS) is 15.4. The van der Waals surface area contributed by atoms with E-state index in [4.69, 9.17) is 11.6 Å². The van der Waals surface area contributed by atoms with Gasteiger partial charge in [-0.25, -0.2) is 22.0 Å². The average Bonchev–Trinajstić information content (AvgIpc) is 2.75. The van der Waals surface area contributed by atoms with Crippen molar-refractivity contribution >= 4 is 27.6 Å². The molecule has 0 saturated heterocycles. The van der Waals surface area contributed by atoms with E-state index in [1.807, 2.05) is 0 Å². The predicted octanol–water partition coefficient (Wildman–Crippen LogP) is 4.93. The number of rotatable bonds is 6. The number of methoxy groups -OCH3 is 1. The quantitative estimate of drug-likeness (QED) is 0.577. The highest BCUT2D eigenvalue weighted by Crippen LogP contribution is 2.31. The zero-order chi connectivity index (χ0) is 21.9. The summed E-state index contributed by atoms with van der Waals surface area (Å²) in [5.41, 5.74) is -0.688. The molecule has 5 nitrogen and oxygen atoms in total.